The number of ether oxygens (including phenoxy) is 1. The van der Waals surface area contributed by atoms with Gasteiger partial charge in [-0.3, -0.25) is 14.9 Å². The Balaban J connectivity index is 1.52. The van der Waals surface area contributed by atoms with Gasteiger partial charge in [0.2, 0.25) is 5.91 Å². The lowest BCUT2D eigenvalue weighted by molar-refractivity contribution is -0.274. The molecular formula is C21H25F3N4O3S. The van der Waals surface area contributed by atoms with E-state index in [4.69, 9.17) is 5.73 Å². The molecule has 2 saturated carbocycles. The van der Waals surface area contributed by atoms with Crippen LogP contribution in [0.2, 0.25) is 0 Å². The van der Waals surface area contributed by atoms with Crippen LogP contribution in [0.4, 0.5) is 18.3 Å². The third kappa shape index (κ3) is 4.54. The summed E-state index contributed by atoms with van der Waals surface area (Å²) in [4.78, 5) is 32.2. The molecule has 0 bridgehead atoms. The van der Waals surface area contributed by atoms with Gasteiger partial charge in [0, 0.05) is 12.0 Å². The predicted octanol–water partition coefficient (Wildman–Crippen LogP) is 4.38. The van der Waals surface area contributed by atoms with E-state index in [2.05, 4.69) is 15.0 Å². The van der Waals surface area contributed by atoms with Gasteiger partial charge in [-0.2, -0.15) is 0 Å². The molecule has 2 amide bonds. The largest absolute Gasteiger partial charge is 0.573 e. The number of anilines is 1. The fraction of sp³-hybridized carbons (Fsp3) is 0.571. The lowest BCUT2D eigenvalue weighted by atomic mass is 9.73. The third-order valence-electron chi connectivity index (χ3n) is 6.34. The molecule has 2 aromatic rings. The van der Waals surface area contributed by atoms with Crippen LogP contribution in [0, 0.1) is 5.92 Å². The molecule has 0 aliphatic heterocycles. The van der Waals surface area contributed by atoms with Crippen molar-refractivity contribution in [1.82, 2.24) is 9.88 Å². The Morgan fingerprint density at radius 3 is 2.53 bits per heavy atom. The van der Waals surface area contributed by atoms with Crippen molar-refractivity contribution < 1.29 is 27.5 Å². The summed E-state index contributed by atoms with van der Waals surface area (Å²) in [5.74, 6) is -0.883. The van der Waals surface area contributed by atoms with Crippen molar-refractivity contribution in [3.8, 4) is 5.75 Å². The second kappa shape index (κ2) is 8.86. The fourth-order valence-corrected chi connectivity index (χ4v) is 5.44. The van der Waals surface area contributed by atoms with E-state index in [-0.39, 0.29) is 35.3 Å². The molecule has 11 heteroatoms. The van der Waals surface area contributed by atoms with Crippen molar-refractivity contribution in [3.05, 3.63) is 18.2 Å². The van der Waals surface area contributed by atoms with Crippen molar-refractivity contribution >= 4 is 38.5 Å². The number of fused-ring (bicyclic) bond motifs is 1. The molecule has 32 heavy (non-hydrogen) atoms. The number of amides is 2. The molecule has 0 unspecified atom stereocenters. The van der Waals surface area contributed by atoms with Crippen molar-refractivity contribution in [1.29, 1.82) is 0 Å². The number of thiazole rings is 1. The van der Waals surface area contributed by atoms with Crippen LogP contribution in [0.25, 0.3) is 10.2 Å². The number of benzene rings is 1. The van der Waals surface area contributed by atoms with Gasteiger partial charge in [0.15, 0.2) is 5.13 Å². The van der Waals surface area contributed by atoms with E-state index >= 15 is 0 Å². The monoisotopic (exact) mass is 470 g/mol. The summed E-state index contributed by atoms with van der Waals surface area (Å²) < 4.78 is 41.8. The number of hydrogen-bond donors (Lipinski definition) is 2. The van der Waals surface area contributed by atoms with Crippen molar-refractivity contribution in [3.63, 3.8) is 0 Å². The topological polar surface area (TPSA) is 97.5 Å². The zero-order chi connectivity index (χ0) is 22.9. The van der Waals surface area contributed by atoms with Crippen LogP contribution in [-0.4, -0.2) is 40.3 Å². The lowest BCUT2D eigenvalue weighted by Gasteiger charge is -2.49. The van der Waals surface area contributed by atoms with Gasteiger partial charge in [0.05, 0.1) is 16.9 Å². The molecule has 0 saturated heterocycles. The van der Waals surface area contributed by atoms with Crippen molar-refractivity contribution in [2.45, 2.75) is 63.3 Å². The molecule has 2 fully saturated rings. The first-order chi connectivity index (χ1) is 15.2. The minimum atomic E-state index is -4.79. The fourth-order valence-electron chi connectivity index (χ4n) is 4.55. The Kier molecular flexibility index (Phi) is 6.30. The minimum absolute atomic E-state index is 0.0409. The van der Waals surface area contributed by atoms with Crippen LogP contribution < -0.4 is 15.8 Å². The van der Waals surface area contributed by atoms with E-state index in [1.807, 2.05) is 0 Å². The molecule has 0 atom stereocenters. The van der Waals surface area contributed by atoms with Crippen LogP contribution in [0.5, 0.6) is 5.75 Å². The second-order valence-corrected chi connectivity index (χ2v) is 9.35. The summed E-state index contributed by atoms with van der Waals surface area (Å²) in [7, 11) is 0. The standard InChI is InChI=1S/C21H25F3N4O3S/c22-21(23,24)31-14-7-8-15-16(11-14)32-19(26-15)27-18(30)20(9-4-10-20)28(12-25)17(29)13-5-2-1-3-6-13/h7-8,11,13H,1-6,9-10,12,25H2,(H,26,27,30). The number of hydrogen-bond acceptors (Lipinski definition) is 6. The number of halogens is 3. The maximum absolute atomic E-state index is 13.3. The van der Waals surface area contributed by atoms with E-state index in [0.29, 0.717) is 23.1 Å². The summed E-state index contributed by atoms with van der Waals surface area (Å²) >= 11 is 1.05. The smallest absolute Gasteiger partial charge is 0.406 e. The molecule has 4 rings (SSSR count). The summed E-state index contributed by atoms with van der Waals surface area (Å²) in [6.45, 7) is -0.0409. The van der Waals surface area contributed by atoms with Gasteiger partial charge in [0.1, 0.15) is 11.3 Å². The molecule has 0 spiro atoms. The van der Waals surface area contributed by atoms with Gasteiger partial charge < -0.3 is 15.4 Å². The molecule has 1 aromatic heterocycles. The van der Waals surface area contributed by atoms with Crippen LogP contribution >= 0.6 is 11.3 Å². The minimum Gasteiger partial charge on any atom is -0.406 e. The van der Waals surface area contributed by atoms with Gasteiger partial charge in [-0.15, -0.1) is 13.2 Å². The van der Waals surface area contributed by atoms with Crippen LogP contribution in [-0.2, 0) is 9.59 Å². The number of alkyl halides is 3. The molecular weight excluding hydrogens is 445 g/mol. The molecule has 1 aromatic carbocycles. The Hall–Kier alpha value is -2.40. The average Bonchev–Trinajstić information content (AvgIpc) is 3.10. The highest BCUT2D eigenvalue weighted by Gasteiger charge is 2.51. The maximum Gasteiger partial charge on any atom is 0.573 e. The molecule has 174 valence electrons. The predicted molar refractivity (Wildman–Crippen MR) is 114 cm³/mol. The number of nitrogens with zero attached hydrogens (tertiary/aromatic N) is 2. The highest BCUT2D eigenvalue weighted by atomic mass is 32.1. The molecule has 2 aliphatic carbocycles. The first kappa shape index (κ1) is 22.8. The van der Waals surface area contributed by atoms with Gasteiger partial charge in [-0.25, -0.2) is 4.98 Å². The highest BCUT2D eigenvalue weighted by molar-refractivity contribution is 7.22. The van der Waals surface area contributed by atoms with Gasteiger partial charge >= 0.3 is 6.36 Å². The Bertz CT molecular complexity index is 1000. The van der Waals surface area contributed by atoms with Crippen LogP contribution in [0.3, 0.4) is 0 Å². The molecule has 0 radical (unpaired) electrons. The average molecular weight is 471 g/mol. The first-order valence-corrected chi connectivity index (χ1v) is 11.5. The van der Waals surface area contributed by atoms with E-state index in [0.717, 1.165) is 49.9 Å². The van der Waals surface area contributed by atoms with Gasteiger partial charge in [-0.05, 0) is 44.2 Å². The molecule has 2 aliphatic rings. The number of aromatic nitrogens is 1. The third-order valence-corrected chi connectivity index (χ3v) is 7.27. The first-order valence-electron chi connectivity index (χ1n) is 10.7. The highest BCUT2D eigenvalue weighted by Crippen LogP contribution is 2.41. The zero-order valence-corrected chi connectivity index (χ0v) is 18.2. The number of carbonyl (C=O) groups excluding carboxylic acids is 2. The number of rotatable bonds is 6. The maximum atomic E-state index is 13.3. The molecule has 7 nitrogen and oxygen atoms in total. The van der Waals surface area contributed by atoms with E-state index in [1.165, 1.54) is 23.1 Å². The summed E-state index contributed by atoms with van der Waals surface area (Å²) in [5.41, 5.74) is 5.37. The normalized spacial score (nSPS) is 18.8. The molecule has 3 N–H and O–H groups in total. The van der Waals surface area contributed by atoms with E-state index in [9.17, 15) is 22.8 Å². The van der Waals surface area contributed by atoms with Crippen LogP contribution in [0.1, 0.15) is 51.4 Å². The number of nitrogens with two attached hydrogens (primary N) is 1. The lowest BCUT2D eigenvalue weighted by Crippen LogP contribution is -2.65. The SMILES string of the molecule is NCN(C(=O)C1CCCCC1)C1(C(=O)Nc2nc3ccc(OC(F)(F)F)cc3s2)CCC1. The Labute approximate surface area is 187 Å². The van der Waals surface area contributed by atoms with Crippen LogP contribution in [0.15, 0.2) is 18.2 Å². The zero-order valence-electron chi connectivity index (χ0n) is 17.4. The quantitative estimate of drug-likeness (QED) is 0.611. The molecule has 1 heterocycles. The van der Waals surface area contributed by atoms with Crippen molar-refractivity contribution in [2.24, 2.45) is 11.7 Å². The summed E-state index contributed by atoms with van der Waals surface area (Å²) in [6.07, 6.45) is 1.79. The summed E-state index contributed by atoms with van der Waals surface area (Å²) in [5, 5.41) is 3.02. The second-order valence-electron chi connectivity index (χ2n) is 8.32. The van der Waals surface area contributed by atoms with Gasteiger partial charge in [0.25, 0.3) is 5.91 Å². The van der Waals surface area contributed by atoms with E-state index in [1.54, 1.807) is 0 Å². The number of carbonyl (C=O) groups is 2. The summed E-state index contributed by atoms with van der Waals surface area (Å²) in [6, 6.07) is 3.81. The van der Waals surface area contributed by atoms with E-state index < -0.39 is 11.9 Å². The van der Waals surface area contributed by atoms with Crippen molar-refractivity contribution in [2.75, 3.05) is 12.0 Å². The number of nitrogens with one attached hydrogen (secondary N) is 1. The van der Waals surface area contributed by atoms with Gasteiger partial charge in [-0.1, -0.05) is 30.6 Å². The Morgan fingerprint density at radius 1 is 1.22 bits per heavy atom. The Morgan fingerprint density at radius 2 is 1.94 bits per heavy atom.